The Kier molecular flexibility index (Phi) is 2.09. The predicted molar refractivity (Wildman–Crippen MR) is 37.3 cm³/mol. The van der Waals surface area contributed by atoms with Crippen LogP contribution in [0.3, 0.4) is 0 Å². The van der Waals surface area contributed by atoms with Gasteiger partial charge in [-0.25, -0.2) is 0 Å². The Bertz CT molecular complexity index is 86.9. The first kappa shape index (κ1) is 7.03. The molecule has 0 aliphatic carbocycles. The van der Waals surface area contributed by atoms with Gasteiger partial charge in [0, 0.05) is 6.61 Å². The fourth-order valence-corrected chi connectivity index (χ4v) is 1.13. The highest BCUT2D eigenvalue weighted by molar-refractivity contribution is 4.73. The van der Waals surface area contributed by atoms with E-state index in [0.717, 1.165) is 13.0 Å². The van der Waals surface area contributed by atoms with Crippen LogP contribution in [0.4, 0.5) is 0 Å². The molecule has 1 aliphatic heterocycles. The Morgan fingerprint density at radius 3 is 2.56 bits per heavy atom. The van der Waals surface area contributed by atoms with Gasteiger partial charge in [0.15, 0.2) is 0 Å². The van der Waals surface area contributed by atoms with Crippen LogP contribution in [0.15, 0.2) is 0 Å². The lowest BCUT2D eigenvalue weighted by Crippen LogP contribution is -2.44. The lowest BCUT2D eigenvalue weighted by molar-refractivity contribution is -0.0833. The minimum atomic E-state index is -0.0295. The lowest BCUT2D eigenvalue weighted by atomic mass is 10.1. The molecule has 1 unspecified atom stereocenters. The molecule has 0 amide bonds. The van der Waals surface area contributed by atoms with E-state index in [9.17, 15) is 0 Å². The van der Waals surface area contributed by atoms with E-state index in [2.05, 4.69) is 12.2 Å². The molecule has 0 spiro atoms. The van der Waals surface area contributed by atoms with Crippen LogP contribution in [0.25, 0.3) is 0 Å². The third-order valence-electron chi connectivity index (χ3n) is 2.00. The van der Waals surface area contributed by atoms with E-state index in [0.29, 0.717) is 0 Å². The van der Waals surface area contributed by atoms with Gasteiger partial charge in [-0.2, -0.15) is 0 Å². The van der Waals surface area contributed by atoms with Crippen LogP contribution < -0.4 is 5.32 Å². The van der Waals surface area contributed by atoms with Crippen molar-refractivity contribution >= 4 is 0 Å². The smallest absolute Gasteiger partial charge is 0.116 e. The molecule has 0 saturated carbocycles. The third-order valence-corrected chi connectivity index (χ3v) is 2.00. The van der Waals surface area contributed by atoms with Crippen molar-refractivity contribution in [1.29, 1.82) is 0 Å². The molecule has 0 aromatic rings. The maximum absolute atomic E-state index is 5.50. The Hall–Kier alpha value is -0.0800. The van der Waals surface area contributed by atoms with Gasteiger partial charge in [0.1, 0.15) is 5.72 Å². The topological polar surface area (TPSA) is 21.3 Å². The van der Waals surface area contributed by atoms with Crippen LogP contribution in [-0.4, -0.2) is 19.4 Å². The van der Waals surface area contributed by atoms with Gasteiger partial charge in [-0.1, -0.05) is 0 Å². The summed E-state index contributed by atoms with van der Waals surface area (Å²) in [4.78, 5) is 0. The molecule has 54 valence electrons. The van der Waals surface area contributed by atoms with E-state index in [1.54, 1.807) is 0 Å². The monoisotopic (exact) mass is 129 g/mol. The molecule has 2 heteroatoms. The fourth-order valence-electron chi connectivity index (χ4n) is 1.13. The van der Waals surface area contributed by atoms with Gasteiger partial charge in [-0.3, -0.25) is 5.32 Å². The SMILES string of the molecule is CNC1(C)CCCCO1. The first-order chi connectivity index (χ1) is 4.27. The summed E-state index contributed by atoms with van der Waals surface area (Å²) in [5, 5.41) is 3.16. The summed E-state index contributed by atoms with van der Waals surface area (Å²) >= 11 is 0. The molecule has 1 heterocycles. The Morgan fingerprint density at radius 1 is 1.44 bits per heavy atom. The summed E-state index contributed by atoms with van der Waals surface area (Å²) < 4.78 is 5.50. The second kappa shape index (κ2) is 2.67. The zero-order valence-electron chi connectivity index (χ0n) is 6.24. The summed E-state index contributed by atoms with van der Waals surface area (Å²) in [5.74, 6) is 0. The zero-order chi connectivity index (χ0) is 6.74. The highest BCUT2D eigenvalue weighted by atomic mass is 16.5. The summed E-state index contributed by atoms with van der Waals surface area (Å²) in [6.07, 6.45) is 3.65. The molecule has 0 aromatic heterocycles. The highest BCUT2D eigenvalue weighted by Gasteiger charge is 2.24. The number of rotatable bonds is 1. The summed E-state index contributed by atoms with van der Waals surface area (Å²) in [6.45, 7) is 3.02. The van der Waals surface area contributed by atoms with Crippen molar-refractivity contribution in [3.63, 3.8) is 0 Å². The maximum Gasteiger partial charge on any atom is 0.116 e. The highest BCUT2D eigenvalue weighted by Crippen LogP contribution is 2.20. The van der Waals surface area contributed by atoms with Crippen molar-refractivity contribution < 1.29 is 4.74 Å². The van der Waals surface area contributed by atoms with Crippen LogP contribution in [0.2, 0.25) is 0 Å². The summed E-state index contributed by atoms with van der Waals surface area (Å²) in [7, 11) is 1.95. The van der Waals surface area contributed by atoms with Crippen LogP contribution >= 0.6 is 0 Å². The molecule has 9 heavy (non-hydrogen) atoms. The maximum atomic E-state index is 5.50. The molecular weight excluding hydrogens is 114 g/mol. The van der Waals surface area contributed by atoms with Gasteiger partial charge < -0.3 is 4.74 Å². The fraction of sp³-hybridized carbons (Fsp3) is 1.00. The molecule has 0 aromatic carbocycles. The molecular formula is C7H15NO. The largest absolute Gasteiger partial charge is 0.361 e. The second-order valence-corrected chi connectivity index (χ2v) is 2.79. The Morgan fingerprint density at radius 2 is 2.22 bits per heavy atom. The van der Waals surface area contributed by atoms with E-state index < -0.39 is 0 Å². The standard InChI is InChI=1S/C7H15NO/c1-7(8-2)5-3-4-6-9-7/h8H,3-6H2,1-2H3. The minimum absolute atomic E-state index is 0.0295. The van der Waals surface area contributed by atoms with E-state index in [1.165, 1.54) is 12.8 Å². The molecule has 1 atom stereocenters. The molecule has 1 saturated heterocycles. The molecule has 0 bridgehead atoms. The Balaban J connectivity index is 2.37. The molecule has 1 rings (SSSR count). The van der Waals surface area contributed by atoms with E-state index >= 15 is 0 Å². The number of nitrogens with one attached hydrogen (secondary N) is 1. The van der Waals surface area contributed by atoms with Crippen molar-refractivity contribution in [2.45, 2.75) is 31.9 Å². The molecule has 0 radical (unpaired) electrons. The van der Waals surface area contributed by atoms with Gasteiger partial charge in [0.05, 0.1) is 0 Å². The quantitative estimate of drug-likeness (QED) is 0.573. The van der Waals surface area contributed by atoms with Crippen molar-refractivity contribution in [1.82, 2.24) is 5.32 Å². The summed E-state index contributed by atoms with van der Waals surface area (Å²) in [5.41, 5.74) is -0.0295. The average Bonchev–Trinajstić information content (AvgIpc) is 1.90. The van der Waals surface area contributed by atoms with Gasteiger partial charge in [0.2, 0.25) is 0 Å². The predicted octanol–water partition coefficient (Wildman–Crippen LogP) is 1.12. The normalized spacial score (nSPS) is 36.7. The second-order valence-electron chi connectivity index (χ2n) is 2.79. The number of hydrogen-bond donors (Lipinski definition) is 1. The summed E-state index contributed by atoms with van der Waals surface area (Å²) in [6, 6.07) is 0. The van der Waals surface area contributed by atoms with E-state index in [1.807, 2.05) is 7.05 Å². The van der Waals surface area contributed by atoms with Gasteiger partial charge in [-0.15, -0.1) is 0 Å². The number of ether oxygens (including phenoxy) is 1. The van der Waals surface area contributed by atoms with Gasteiger partial charge in [0.25, 0.3) is 0 Å². The molecule has 1 fully saturated rings. The van der Waals surface area contributed by atoms with Crippen molar-refractivity contribution in [3.05, 3.63) is 0 Å². The molecule has 1 N–H and O–H groups in total. The van der Waals surface area contributed by atoms with Crippen LogP contribution in [0.5, 0.6) is 0 Å². The van der Waals surface area contributed by atoms with Crippen molar-refractivity contribution in [3.8, 4) is 0 Å². The van der Waals surface area contributed by atoms with E-state index in [4.69, 9.17) is 4.74 Å². The first-order valence-corrected chi connectivity index (χ1v) is 3.60. The first-order valence-electron chi connectivity index (χ1n) is 3.60. The number of hydrogen-bond acceptors (Lipinski definition) is 2. The molecule has 1 aliphatic rings. The average molecular weight is 129 g/mol. The van der Waals surface area contributed by atoms with Gasteiger partial charge in [-0.05, 0) is 33.2 Å². The van der Waals surface area contributed by atoms with Crippen LogP contribution in [0, 0.1) is 0 Å². The van der Waals surface area contributed by atoms with Crippen LogP contribution in [0.1, 0.15) is 26.2 Å². The molecule has 2 nitrogen and oxygen atoms in total. The van der Waals surface area contributed by atoms with Crippen LogP contribution in [-0.2, 0) is 4.74 Å². The lowest BCUT2D eigenvalue weighted by Gasteiger charge is -2.33. The minimum Gasteiger partial charge on any atom is -0.361 e. The van der Waals surface area contributed by atoms with Crippen molar-refractivity contribution in [2.24, 2.45) is 0 Å². The Labute approximate surface area is 56.6 Å². The zero-order valence-corrected chi connectivity index (χ0v) is 6.24. The van der Waals surface area contributed by atoms with Gasteiger partial charge >= 0.3 is 0 Å². The van der Waals surface area contributed by atoms with Crippen molar-refractivity contribution in [2.75, 3.05) is 13.7 Å². The van der Waals surface area contributed by atoms with E-state index in [-0.39, 0.29) is 5.72 Å². The third kappa shape index (κ3) is 1.66.